The number of nitrogens with one attached hydrogen (secondary N) is 1. The van der Waals surface area contributed by atoms with Gasteiger partial charge in [0.05, 0.1) is 6.54 Å². The summed E-state index contributed by atoms with van der Waals surface area (Å²) in [4.78, 5) is 35.6. The Labute approximate surface area is 121 Å². The summed E-state index contributed by atoms with van der Waals surface area (Å²) in [7, 11) is 0. The number of aromatic carboxylic acids is 1. The summed E-state index contributed by atoms with van der Waals surface area (Å²) in [6, 6.07) is 2.86. The fourth-order valence-electron chi connectivity index (χ4n) is 2.20. The van der Waals surface area contributed by atoms with E-state index in [4.69, 9.17) is 9.52 Å². The highest BCUT2D eigenvalue weighted by atomic mass is 16.4. The first kappa shape index (κ1) is 15.1. The molecule has 0 saturated carbocycles. The molecule has 7 heteroatoms. The van der Waals surface area contributed by atoms with Crippen LogP contribution in [0.4, 0.5) is 0 Å². The van der Waals surface area contributed by atoms with Gasteiger partial charge in [0.15, 0.2) is 0 Å². The summed E-state index contributed by atoms with van der Waals surface area (Å²) in [5.74, 6) is -1.00. The Morgan fingerprint density at radius 2 is 2.14 bits per heavy atom. The molecule has 1 aromatic rings. The second kappa shape index (κ2) is 6.92. The van der Waals surface area contributed by atoms with Crippen molar-refractivity contribution in [3.63, 3.8) is 0 Å². The van der Waals surface area contributed by atoms with E-state index in [0.717, 1.165) is 12.8 Å². The van der Waals surface area contributed by atoms with E-state index in [1.807, 2.05) is 0 Å². The zero-order valence-corrected chi connectivity index (χ0v) is 11.6. The van der Waals surface area contributed by atoms with Crippen molar-refractivity contribution >= 4 is 17.8 Å². The minimum absolute atomic E-state index is 0.103. The van der Waals surface area contributed by atoms with E-state index in [0.29, 0.717) is 25.3 Å². The SMILES string of the molecule is O=C(CCN1CCCCC1=O)NCc1ccc(C(=O)O)o1. The van der Waals surface area contributed by atoms with Gasteiger partial charge in [-0.25, -0.2) is 4.79 Å². The number of nitrogens with zero attached hydrogens (tertiary/aromatic N) is 1. The van der Waals surface area contributed by atoms with E-state index in [1.165, 1.54) is 12.1 Å². The van der Waals surface area contributed by atoms with E-state index in [1.54, 1.807) is 4.90 Å². The van der Waals surface area contributed by atoms with Crippen molar-refractivity contribution < 1.29 is 23.9 Å². The van der Waals surface area contributed by atoms with Crippen LogP contribution in [0.25, 0.3) is 0 Å². The number of furan rings is 1. The maximum absolute atomic E-state index is 11.7. The van der Waals surface area contributed by atoms with Crippen LogP contribution in [0.1, 0.15) is 42.0 Å². The van der Waals surface area contributed by atoms with Gasteiger partial charge in [0.1, 0.15) is 5.76 Å². The molecule has 1 aliphatic heterocycles. The van der Waals surface area contributed by atoms with Crippen LogP contribution in [-0.4, -0.2) is 40.9 Å². The molecule has 114 valence electrons. The summed E-state index contributed by atoms with van der Waals surface area (Å²) < 4.78 is 5.03. The molecule has 1 saturated heterocycles. The topological polar surface area (TPSA) is 99.9 Å². The molecule has 2 amide bonds. The molecule has 0 bridgehead atoms. The lowest BCUT2D eigenvalue weighted by Gasteiger charge is -2.26. The van der Waals surface area contributed by atoms with Gasteiger partial charge in [0, 0.05) is 25.9 Å². The van der Waals surface area contributed by atoms with Crippen LogP contribution in [0.3, 0.4) is 0 Å². The summed E-state index contributed by atoms with van der Waals surface area (Å²) in [6.45, 7) is 1.27. The molecule has 0 radical (unpaired) electrons. The number of amides is 2. The van der Waals surface area contributed by atoms with Crippen molar-refractivity contribution in [1.82, 2.24) is 10.2 Å². The maximum atomic E-state index is 11.7. The molecule has 0 aliphatic carbocycles. The van der Waals surface area contributed by atoms with Crippen molar-refractivity contribution in [2.24, 2.45) is 0 Å². The molecule has 7 nitrogen and oxygen atoms in total. The minimum atomic E-state index is -1.14. The molecule has 0 atom stereocenters. The summed E-state index contributed by atoms with van der Waals surface area (Å²) in [6.07, 6.45) is 2.70. The Morgan fingerprint density at radius 3 is 2.81 bits per heavy atom. The third-order valence-corrected chi connectivity index (χ3v) is 3.36. The lowest BCUT2D eigenvalue weighted by atomic mass is 10.1. The predicted octanol–water partition coefficient (Wildman–Crippen LogP) is 0.997. The third kappa shape index (κ3) is 4.34. The molecule has 0 aromatic carbocycles. The summed E-state index contributed by atoms with van der Waals surface area (Å²) >= 11 is 0. The number of carbonyl (C=O) groups is 3. The second-order valence-corrected chi connectivity index (χ2v) is 4.94. The Kier molecular flexibility index (Phi) is 4.97. The van der Waals surface area contributed by atoms with Crippen molar-refractivity contribution in [3.8, 4) is 0 Å². The van der Waals surface area contributed by atoms with Crippen molar-refractivity contribution in [1.29, 1.82) is 0 Å². The molecule has 2 heterocycles. The van der Waals surface area contributed by atoms with Crippen LogP contribution in [0.5, 0.6) is 0 Å². The normalized spacial score (nSPS) is 15.0. The van der Waals surface area contributed by atoms with E-state index in [-0.39, 0.29) is 30.5 Å². The number of carboxylic acid groups (broad SMARTS) is 1. The quantitative estimate of drug-likeness (QED) is 0.815. The standard InChI is InChI=1S/C14H18N2O5/c17-12(6-8-16-7-2-1-3-13(16)18)15-9-10-4-5-11(21-10)14(19)20/h4-5H,1-3,6-9H2,(H,15,17)(H,19,20). The number of carboxylic acids is 1. The molecular weight excluding hydrogens is 276 g/mol. The van der Waals surface area contributed by atoms with Crippen LogP contribution in [0.15, 0.2) is 16.5 Å². The van der Waals surface area contributed by atoms with Crippen molar-refractivity contribution in [2.75, 3.05) is 13.1 Å². The molecule has 2 N–H and O–H groups in total. The van der Waals surface area contributed by atoms with Crippen molar-refractivity contribution in [3.05, 3.63) is 23.7 Å². The Morgan fingerprint density at radius 1 is 1.33 bits per heavy atom. The van der Waals surface area contributed by atoms with Gasteiger partial charge in [-0.1, -0.05) is 0 Å². The molecule has 2 rings (SSSR count). The average Bonchev–Trinajstić information content (AvgIpc) is 2.93. The van der Waals surface area contributed by atoms with Gasteiger partial charge in [-0.05, 0) is 25.0 Å². The van der Waals surface area contributed by atoms with Crippen molar-refractivity contribution in [2.45, 2.75) is 32.2 Å². The minimum Gasteiger partial charge on any atom is -0.475 e. The molecular formula is C14H18N2O5. The van der Waals surface area contributed by atoms with E-state index in [2.05, 4.69) is 5.32 Å². The highest BCUT2D eigenvalue weighted by Gasteiger charge is 2.18. The fourth-order valence-corrected chi connectivity index (χ4v) is 2.20. The van der Waals surface area contributed by atoms with Crippen LogP contribution >= 0.6 is 0 Å². The maximum Gasteiger partial charge on any atom is 0.371 e. The molecule has 1 aliphatic rings. The third-order valence-electron chi connectivity index (χ3n) is 3.36. The van der Waals surface area contributed by atoms with Gasteiger partial charge in [-0.15, -0.1) is 0 Å². The number of rotatable bonds is 6. The molecule has 0 unspecified atom stereocenters. The largest absolute Gasteiger partial charge is 0.475 e. The smallest absolute Gasteiger partial charge is 0.371 e. The van der Waals surface area contributed by atoms with Gasteiger partial charge < -0.3 is 19.7 Å². The molecule has 1 fully saturated rings. The van der Waals surface area contributed by atoms with Gasteiger partial charge in [-0.2, -0.15) is 0 Å². The lowest BCUT2D eigenvalue weighted by molar-refractivity contribution is -0.133. The first-order chi connectivity index (χ1) is 10.1. The number of hydrogen-bond acceptors (Lipinski definition) is 4. The van der Waals surface area contributed by atoms with Gasteiger partial charge in [0.25, 0.3) is 0 Å². The Hall–Kier alpha value is -2.31. The van der Waals surface area contributed by atoms with Gasteiger partial charge >= 0.3 is 5.97 Å². The highest BCUT2D eigenvalue weighted by molar-refractivity contribution is 5.84. The van der Waals surface area contributed by atoms with E-state index < -0.39 is 5.97 Å². The molecule has 1 aromatic heterocycles. The Balaban J connectivity index is 1.71. The summed E-state index contributed by atoms with van der Waals surface area (Å²) in [5.41, 5.74) is 0. The van der Waals surface area contributed by atoms with Crippen LogP contribution in [0, 0.1) is 0 Å². The first-order valence-electron chi connectivity index (χ1n) is 6.93. The summed E-state index contributed by atoms with van der Waals surface area (Å²) in [5, 5.41) is 11.4. The van der Waals surface area contributed by atoms with E-state index in [9.17, 15) is 14.4 Å². The zero-order chi connectivity index (χ0) is 15.2. The van der Waals surface area contributed by atoms with Crippen LogP contribution < -0.4 is 5.32 Å². The number of likely N-dealkylation sites (tertiary alicyclic amines) is 1. The average molecular weight is 294 g/mol. The lowest BCUT2D eigenvalue weighted by Crippen LogP contribution is -2.38. The second-order valence-electron chi connectivity index (χ2n) is 4.94. The molecule has 21 heavy (non-hydrogen) atoms. The fraction of sp³-hybridized carbons (Fsp3) is 0.500. The van der Waals surface area contributed by atoms with Crippen LogP contribution in [-0.2, 0) is 16.1 Å². The zero-order valence-electron chi connectivity index (χ0n) is 11.6. The number of carbonyl (C=O) groups excluding carboxylic acids is 2. The number of hydrogen-bond donors (Lipinski definition) is 2. The van der Waals surface area contributed by atoms with Gasteiger partial charge in [-0.3, -0.25) is 9.59 Å². The first-order valence-corrected chi connectivity index (χ1v) is 6.93. The van der Waals surface area contributed by atoms with Gasteiger partial charge in [0.2, 0.25) is 17.6 Å². The highest BCUT2D eigenvalue weighted by Crippen LogP contribution is 2.11. The van der Waals surface area contributed by atoms with Crippen LogP contribution in [0.2, 0.25) is 0 Å². The van der Waals surface area contributed by atoms with E-state index >= 15 is 0 Å². The molecule has 0 spiro atoms. The Bertz CT molecular complexity index is 537. The monoisotopic (exact) mass is 294 g/mol. The predicted molar refractivity (Wildman–Crippen MR) is 72.6 cm³/mol. The number of piperidine rings is 1.